The number of anilines is 1. The molecule has 3 aromatic rings. The van der Waals surface area contributed by atoms with Crippen LogP contribution in [0.1, 0.15) is 12.5 Å². The van der Waals surface area contributed by atoms with Crippen LogP contribution in [0.3, 0.4) is 0 Å². The zero-order valence-electron chi connectivity index (χ0n) is 10.9. The summed E-state index contributed by atoms with van der Waals surface area (Å²) in [6.07, 6.45) is 0. The third kappa shape index (κ3) is 2.51. The number of imidazole rings is 1. The van der Waals surface area contributed by atoms with Gasteiger partial charge in [0.05, 0.1) is 16.7 Å². The second kappa shape index (κ2) is 5.13. The number of nitrogens with one attached hydrogen (secondary N) is 2. The monoisotopic (exact) mass is 268 g/mol. The molecule has 0 radical (unpaired) electrons. The maximum absolute atomic E-state index is 12.8. The molecule has 0 saturated carbocycles. The van der Waals surface area contributed by atoms with E-state index in [1.54, 1.807) is 12.1 Å². The molecule has 20 heavy (non-hydrogen) atoms. The molecule has 0 bridgehead atoms. The SMILES string of the molecule is C/C(=N\Nc1nc2ccccc2[nH]1)c1ccc(F)cc1. The van der Waals surface area contributed by atoms with E-state index in [0.717, 1.165) is 22.3 Å². The first-order valence-electron chi connectivity index (χ1n) is 6.23. The van der Waals surface area contributed by atoms with Crippen molar-refractivity contribution >= 4 is 22.7 Å². The van der Waals surface area contributed by atoms with E-state index in [-0.39, 0.29) is 5.82 Å². The predicted molar refractivity (Wildman–Crippen MR) is 78.3 cm³/mol. The Labute approximate surface area is 115 Å². The van der Waals surface area contributed by atoms with Crippen molar-refractivity contribution in [2.45, 2.75) is 6.92 Å². The molecule has 5 heteroatoms. The third-order valence-electron chi connectivity index (χ3n) is 2.98. The molecule has 0 aliphatic heterocycles. The molecular formula is C15H13FN4. The zero-order valence-corrected chi connectivity index (χ0v) is 10.9. The lowest BCUT2D eigenvalue weighted by molar-refractivity contribution is 0.628. The van der Waals surface area contributed by atoms with Gasteiger partial charge in [-0.05, 0) is 36.8 Å². The lowest BCUT2D eigenvalue weighted by Gasteiger charge is -2.01. The molecule has 2 N–H and O–H groups in total. The summed E-state index contributed by atoms with van der Waals surface area (Å²) in [7, 11) is 0. The van der Waals surface area contributed by atoms with Crippen molar-refractivity contribution in [1.29, 1.82) is 0 Å². The van der Waals surface area contributed by atoms with Crippen molar-refractivity contribution in [3.8, 4) is 0 Å². The van der Waals surface area contributed by atoms with E-state index in [0.29, 0.717) is 5.95 Å². The Morgan fingerprint density at radius 3 is 2.65 bits per heavy atom. The molecule has 0 aliphatic rings. The van der Waals surface area contributed by atoms with Crippen molar-refractivity contribution in [3.05, 3.63) is 59.9 Å². The molecular weight excluding hydrogens is 255 g/mol. The second-order valence-electron chi connectivity index (χ2n) is 4.42. The van der Waals surface area contributed by atoms with Crippen molar-refractivity contribution in [1.82, 2.24) is 9.97 Å². The summed E-state index contributed by atoms with van der Waals surface area (Å²) < 4.78 is 12.8. The minimum Gasteiger partial charge on any atom is -0.323 e. The van der Waals surface area contributed by atoms with Crippen LogP contribution < -0.4 is 5.43 Å². The first-order chi connectivity index (χ1) is 9.72. The van der Waals surface area contributed by atoms with Crippen LogP contribution in [0.15, 0.2) is 53.6 Å². The number of nitrogens with zero attached hydrogens (tertiary/aromatic N) is 2. The molecule has 4 nitrogen and oxygen atoms in total. The van der Waals surface area contributed by atoms with Gasteiger partial charge < -0.3 is 4.98 Å². The van der Waals surface area contributed by atoms with Crippen LogP contribution in [-0.2, 0) is 0 Å². The van der Waals surface area contributed by atoms with Gasteiger partial charge in [-0.3, -0.25) is 0 Å². The Morgan fingerprint density at radius 2 is 1.90 bits per heavy atom. The fraction of sp³-hybridized carbons (Fsp3) is 0.0667. The number of H-pyrrole nitrogens is 1. The Bertz CT molecular complexity index is 726. The largest absolute Gasteiger partial charge is 0.323 e. The fourth-order valence-corrected chi connectivity index (χ4v) is 1.90. The smallest absolute Gasteiger partial charge is 0.222 e. The number of halogens is 1. The highest BCUT2D eigenvalue weighted by atomic mass is 19.1. The summed E-state index contributed by atoms with van der Waals surface area (Å²) in [5.74, 6) is 0.319. The molecule has 3 rings (SSSR count). The van der Waals surface area contributed by atoms with Crippen molar-refractivity contribution in [3.63, 3.8) is 0 Å². The Balaban J connectivity index is 1.80. The van der Waals surface area contributed by atoms with Gasteiger partial charge >= 0.3 is 0 Å². The lowest BCUT2D eigenvalue weighted by atomic mass is 10.1. The number of hydrogen-bond acceptors (Lipinski definition) is 3. The van der Waals surface area contributed by atoms with Gasteiger partial charge in [-0.25, -0.2) is 14.8 Å². The Hall–Kier alpha value is -2.69. The van der Waals surface area contributed by atoms with Gasteiger partial charge in [0.25, 0.3) is 0 Å². The molecule has 100 valence electrons. The summed E-state index contributed by atoms with van der Waals surface area (Å²) in [6, 6.07) is 13.9. The molecule has 0 atom stereocenters. The lowest BCUT2D eigenvalue weighted by Crippen LogP contribution is -2.00. The minimum absolute atomic E-state index is 0.258. The topological polar surface area (TPSA) is 53.1 Å². The molecule has 0 amide bonds. The summed E-state index contributed by atoms with van der Waals surface area (Å²) in [4.78, 5) is 7.48. The van der Waals surface area contributed by atoms with E-state index in [2.05, 4.69) is 20.5 Å². The summed E-state index contributed by atoms with van der Waals surface area (Å²) >= 11 is 0. The van der Waals surface area contributed by atoms with Gasteiger partial charge in [-0.2, -0.15) is 5.10 Å². The van der Waals surface area contributed by atoms with Gasteiger partial charge in [0.15, 0.2) is 0 Å². The highest BCUT2D eigenvalue weighted by Gasteiger charge is 2.01. The Kier molecular flexibility index (Phi) is 3.16. The molecule has 0 unspecified atom stereocenters. The maximum Gasteiger partial charge on any atom is 0.222 e. The number of hydrogen-bond donors (Lipinski definition) is 2. The molecule has 0 spiro atoms. The first kappa shape index (κ1) is 12.3. The highest BCUT2D eigenvalue weighted by Crippen LogP contribution is 2.13. The summed E-state index contributed by atoms with van der Waals surface area (Å²) in [5.41, 5.74) is 6.31. The second-order valence-corrected chi connectivity index (χ2v) is 4.42. The van der Waals surface area contributed by atoms with Crippen LogP contribution in [0.4, 0.5) is 10.3 Å². The quantitative estimate of drug-likeness (QED) is 0.564. The van der Waals surface area contributed by atoms with E-state index in [9.17, 15) is 4.39 Å². The number of aromatic amines is 1. The number of benzene rings is 2. The number of para-hydroxylation sites is 2. The number of hydrazone groups is 1. The molecule has 1 aromatic heterocycles. The van der Waals surface area contributed by atoms with Gasteiger partial charge in [0.2, 0.25) is 5.95 Å². The average Bonchev–Trinajstić information content (AvgIpc) is 2.88. The number of aromatic nitrogens is 2. The van der Waals surface area contributed by atoms with Gasteiger partial charge in [-0.1, -0.05) is 24.3 Å². The predicted octanol–water partition coefficient (Wildman–Crippen LogP) is 3.54. The Morgan fingerprint density at radius 1 is 1.15 bits per heavy atom. The van der Waals surface area contributed by atoms with Gasteiger partial charge in [0, 0.05) is 0 Å². The average molecular weight is 268 g/mol. The van der Waals surface area contributed by atoms with Crippen molar-refractivity contribution in [2.75, 3.05) is 5.43 Å². The third-order valence-corrected chi connectivity index (χ3v) is 2.98. The normalized spacial score (nSPS) is 11.8. The maximum atomic E-state index is 12.8. The van der Waals surface area contributed by atoms with Crippen molar-refractivity contribution in [2.24, 2.45) is 5.10 Å². The van der Waals surface area contributed by atoms with Crippen LogP contribution in [0.5, 0.6) is 0 Å². The molecule has 0 fully saturated rings. The van der Waals surface area contributed by atoms with E-state index in [1.165, 1.54) is 12.1 Å². The van der Waals surface area contributed by atoms with E-state index in [1.807, 2.05) is 31.2 Å². The van der Waals surface area contributed by atoms with Crippen LogP contribution >= 0.6 is 0 Å². The summed E-state index contributed by atoms with van der Waals surface area (Å²) in [5, 5.41) is 4.24. The minimum atomic E-state index is -0.258. The van der Waals surface area contributed by atoms with Gasteiger partial charge in [-0.15, -0.1) is 0 Å². The number of rotatable bonds is 3. The van der Waals surface area contributed by atoms with Gasteiger partial charge in [0.1, 0.15) is 5.82 Å². The van der Waals surface area contributed by atoms with Crippen LogP contribution in [0.2, 0.25) is 0 Å². The highest BCUT2D eigenvalue weighted by molar-refractivity contribution is 5.99. The van der Waals surface area contributed by atoms with Crippen molar-refractivity contribution < 1.29 is 4.39 Å². The zero-order chi connectivity index (χ0) is 13.9. The van der Waals surface area contributed by atoms with Crippen LogP contribution in [0.25, 0.3) is 11.0 Å². The van der Waals surface area contributed by atoms with Crippen LogP contribution in [0, 0.1) is 5.82 Å². The van der Waals surface area contributed by atoms with Crippen LogP contribution in [-0.4, -0.2) is 15.7 Å². The number of fused-ring (bicyclic) bond motifs is 1. The standard InChI is InChI=1S/C15H13FN4/c1-10(11-6-8-12(16)9-7-11)19-20-15-17-13-4-2-3-5-14(13)18-15/h2-9H,1H3,(H2,17,18,20)/b19-10+. The molecule has 0 aliphatic carbocycles. The van der Waals surface area contributed by atoms with E-state index < -0.39 is 0 Å². The van der Waals surface area contributed by atoms with E-state index >= 15 is 0 Å². The molecule has 0 saturated heterocycles. The fourth-order valence-electron chi connectivity index (χ4n) is 1.90. The molecule has 2 aromatic carbocycles. The molecule has 1 heterocycles. The van der Waals surface area contributed by atoms with E-state index in [4.69, 9.17) is 0 Å². The summed E-state index contributed by atoms with van der Waals surface area (Å²) in [6.45, 7) is 1.85. The first-order valence-corrected chi connectivity index (χ1v) is 6.23.